The summed E-state index contributed by atoms with van der Waals surface area (Å²) in [6.45, 7) is 5.64. The van der Waals surface area contributed by atoms with Crippen LogP contribution in [0.15, 0.2) is 24.3 Å². The highest BCUT2D eigenvalue weighted by atomic mass is 16.5. The van der Waals surface area contributed by atoms with Gasteiger partial charge in [0.15, 0.2) is 0 Å². The van der Waals surface area contributed by atoms with E-state index in [4.69, 9.17) is 19.9 Å². The number of hydrogen-bond donors (Lipinski definition) is 1. The number of hydrogen-bond acceptors (Lipinski definition) is 4. The molecule has 21 heavy (non-hydrogen) atoms. The van der Waals surface area contributed by atoms with Crippen molar-refractivity contribution in [2.75, 3.05) is 39.6 Å². The van der Waals surface area contributed by atoms with E-state index in [1.165, 1.54) is 0 Å². The van der Waals surface area contributed by atoms with E-state index in [0.29, 0.717) is 33.0 Å². The van der Waals surface area contributed by atoms with Crippen LogP contribution in [-0.2, 0) is 9.47 Å². The number of rotatable bonds is 10. The Morgan fingerprint density at radius 2 is 1.81 bits per heavy atom. The van der Waals surface area contributed by atoms with Gasteiger partial charge in [-0.15, -0.1) is 0 Å². The van der Waals surface area contributed by atoms with E-state index in [0.717, 1.165) is 30.8 Å². The van der Waals surface area contributed by atoms with Crippen LogP contribution in [0.1, 0.15) is 25.3 Å². The molecule has 0 aromatic heterocycles. The van der Waals surface area contributed by atoms with E-state index in [1.807, 2.05) is 24.3 Å². The van der Waals surface area contributed by atoms with Crippen LogP contribution in [0.25, 0.3) is 0 Å². The molecule has 4 nitrogen and oxygen atoms in total. The summed E-state index contributed by atoms with van der Waals surface area (Å²) in [5, 5.41) is 0. The molecule has 1 aromatic carbocycles. The van der Waals surface area contributed by atoms with Crippen molar-refractivity contribution in [1.82, 2.24) is 0 Å². The minimum atomic E-state index is 0.360. The Morgan fingerprint density at radius 1 is 1.05 bits per heavy atom. The zero-order valence-electron chi connectivity index (χ0n) is 12.8. The Balaban J connectivity index is 2.10. The topological polar surface area (TPSA) is 53.7 Å². The molecule has 0 aliphatic rings. The zero-order valence-corrected chi connectivity index (χ0v) is 12.8. The summed E-state index contributed by atoms with van der Waals surface area (Å²) in [4.78, 5) is 0. The van der Waals surface area contributed by atoms with E-state index in [2.05, 4.69) is 18.8 Å². The van der Waals surface area contributed by atoms with E-state index in [9.17, 15) is 0 Å². The first-order chi connectivity index (χ1) is 10.4. The fourth-order valence-electron chi connectivity index (χ4n) is 1.60. The van der Waals surface area contributed by atoms with Crippen LogP contribution in [0, 0.1) is 11.8 Å². The first-order valence-electron chi connectivity index (χ1n) is 7.44. The van der Waals surface area contributed by atoms with Crippen LogP contribution in [0.3, 0.4) is 0 Å². The lowest BCUT2D eigenvalue weighted by atomic mass is 10.2. The zero-order chi connectivity index (χ0) is 15.2. The number of nitrogens with two attached hydrogens (primary N) is 1. The standard InChI is InChI=1S/C17H25NO3/c1-2-3-10-19-11-12-20-13-14-21-17-8-4-6-16(15-17)7-5-9-18/h4,6,8,15H,2-3,9-14,18H2,1H3. The second kappa shape index (κ2) is 12.2. The van der Waals surface area contributed by atoms with Gasteiger partial charge in [0.05, 0.1) is 26.4 Å². The number of unbranched alkanes of at least 4 members (excludes halogenated alkanes) is 1. The van der Waals surface area contributed by atoms with Crippen molar-refractivity contribution in [1.29, 1.82) is 0 Å². The number of ether oxygens (including phenoxy) is 3. The quantitative estimate of drug-likeness (QED) is 0.530. The lowest BCUT2D eigenvalue weighted by molar-refractivity contribution is 0.0356. The SMILES string of the molecule is CCCCOCCOCCOc1cccc(C#CCN)c1. The molecule has 2 N–H and O–H groups in total. The minimum Gasteiger partial charge on any atom is -0.491 e. The van der Waals surface area contributed by atoms with Crippen LogP contribution in [0.2, 0.25) is 0 Å². The fourth-order valence-corrected chi connectivity index (χ4v) is 1.60. The predicted octanol–water partition coefficient (Wildman–Crippen LogP) is 2.21. The maximum atomic E-state index is 5.61. The molecule has 0 saturated heterocycles. The van der Waals surface area contributed by atoms with E-state index in [-0.39, 0.29) is 0 Å². The van der Waals surface area contributed by atoms with Crippen molar-refractivity contribution >= 4 is 0 Å². The first-order valence-corrected chi connectivity index (χ1v) is 7.44. The minimum absolute atomic E-state index is 0.360. The van der Waals surface area contributed by atoms with Crippen molar-refractivity contribution in [3.63, 3.8) is 0 Å². The Hall–Kier alpha value is -1.54. The van der Waals surface area contributed by atoms with E-state index < -0.39 is 0 Å². The van der Waals surface area contributed by atoms with Gasteiger partial charge in [0.25, 0.3) is 0 Å². The predicted molar refractivity (Wildman–Crippen MR) is 84.4 cm³/mol. The fraction of sp³-hybridized carbons (Fsp3) is 0.529. The maximum Gasteiger partial charge on any atom is 0.120 e. The van der Waals surface area contributed by atoms with Gasteiger partial charge in [0.2, 0.25) is 0 Å². The first kappa shape index (κ1) is 17.5. The van der Waals surface area contributed by atoms with Crippen molar-refractivity contribution in [2.45, 2.75) is 19.8 Å². The average molecular weight is 291 g/mol. The highest BCUT2D eigenvalue weighted by molar-refractivity contribution is 5.39. The highest BCUT2D eigenvalue weighted by Crippen LogP contribution is 2.12. The largest absolute Gasteiger partial charge is 0.491 e. The Labute approximate surface area is 127 Å². The van der Waals surface area contributed by atoms with Crippen molar-refractivity contribution in [3.05, 3.63) is 29.8 Å². The Kier molecular flexibility index (Phi) is 10.2. The Morgan fingerprint density at radius 3 is 2.57 bits per heavy atom. The maximum absolute atomic E-state index is 5.61. The molecule has 1 aromatic rings. The third kappa shape index (κ3) is 9.09. The second-order valence-electron chi connectivity index (χ2n) is 4.46. The second-order valence-corrected chi connectivity index (χ2v) is 4.46. The molecule has 0 heterocycles. The molecule has 0 spiro atoms. The molecule has 4 heteroatoms. The van der Waals surface area contributed by atoms with Crippen LogP contribution in [0.5, 0.6) is 5.75 Å². The summed E-state index contributed by atoms with van der Waals surface area (Å²) in [6, 6.07) is 7.65. The van der Waals surface area contributed by atoms with Crippen molar-refractivity contribution in [2.24, 2.45) is 5.73 Å². The summed E-state index contributed by atoms with van der Waals surface area (Å²) in [5.41, 5.74) is 6.25. The normalized spacial score (nSPS) is 10.0. The van der Waals surface area contributed by atoms with Crippen molar-refractivity contribution in [3.8, 4) is 17.6 Å². The molecule has 0 bridgehead atoms. The van der Waals surface area contributed by atoms with E-state index >= 15 is 0 Å². The highest BCUT2D eigenvalue weighted by Gasteiger charge is 1.95. The third-order valence-corrected chi connectivity index (χ3v) is 2.68. The van der Waals surface area contributed by atoms with Crippen LogP contribution < -0.4 is 10.5 Å². The van der Waals surface area contributed by atoms with Gasteiger partial charge in [-0.25, -0.2) is 0 Å². The average Bonchev–Trinajstić information content (AvgIpc) is 2.52. The number of benzene rings is 1. The smallest absolute Gasteiger partial charge is 0.120 e. The van der Waals surface area contributed by atoms with Crippen LogP contribution >= 0.6 is 0 Å². The summed E-state index contributed by atoms with van der Waals surface area (Å²) in [6.07, 6.45) is 2.26. The molecule has 0 aliphatic heterocycles. The van der Waals surface area contributed by atoms with Crippen LogP contribution in [-0.4, -0.2) is 39.6 Å². The molecule has 0 saturated carbocycles. The molecule has 0 atom stereocenters. The molecule has 0 fully saturated rings. The lowest BCUT2D eigenvalue weighted by Crippen LogP contribution is -2.11. The van der Waals surface area contributed by atoms with Crippen LogP contribution in [0.4, 0.5) is 0 Å². The lowest BCUT2D eigenvalue weighted by Gasteiger charge is -2.08. The van der Waals surface area contributed by atoms with E-state index in [1.54, 1.807) is 0 Å². The molecule has 0 radical (unpaired) electrons. The van der Waals surface area contributed by atoms with Gasteiger partial charge >= 0.3 is 0 Å². The van der Waals surface area contributed by atoms with Gasteiger partial charge in [0.1, 0.15) is 12.4 Å². The van der Waals surface area contributed by atoms with Gasteiger partial charge in [-0.05, 0) is 24.6 Å². The molecular formula is C17H25NO3. The molecule has 1 rings (SSSR count). The summed E-state index contributed by atoms with van der Waals surface area (Å²) in [5.74, 6) is 6.59. The molecule has 0 aliphatic carbocycles. The molecule has 0 amide bonds. The molecule has 0 unspecified atom stereocenters. The van der Waals surface area contributed by atoms with Gasteiger partial charge < -0.3 is 19.9 Å². The van der Waals surface area contributed by atoms with Gasteiger partial charge in [-0.3, -0.25) is 0 Å². The summed E-state index contributed by atoms with van der Waals surface area (Å²) in [7, 11) is 0. The summed E-state index contributed by atoms with van der Waals surface area (Å²) >= 11 is 0. The van der Waals surface area contributed by atoms with Gasteiger partial charge in [-0.1, -0.05) is 31.3 Å². The van der Waals surface area contributed by atoms with Gasteiger partial charge in [-0.2, -0.15) is 0 Å². The monoisotopic (exact) mass is 291 g/mol. The Bertz CT molecular complexity index is 437. The third-order valence-electron chi connectivity index (χ3n) is 2.68. The molecule has 116 valence electrons. The summed E-state index contributed by atoms with van der Waals surface area (Å²) < 4.78 is 16.4. The molecular weight excluding hydrogens is 266 g/mol. The van der Waals surface area contributed by atoms with Gasteiger partial charge in [0, 0.05) is 12.2 Å². The van der Waals surface area contributed by atoms with Crippen molar-refractivity contribution < 1.29 is 14.2 Å².